The Labute approximate surface area is 113 Å². The third-order valence-electron chi connectivity index (χ3n) is 3.22. The molecule has 2 amide bonds. The fourth-order valence-electron chi connectivity index (χ4n) is 2.22. The van der Waals surface area contributed by atoms with Gasteiger partial charge >= 0.3 is 6.03 Å². The van der Waals surface area contributed by atoms with E-state index in [9.17, 15) is 4.79 Å². The number of methoxy groups -OCH3 is 1. The van der Waals surface area contributed by atoms with E-state index >= 15 is 0 Å². The van der Waals surface area contributed by atoms with Crippen molar-refractivity contribution in [2.24, 2.45) is 0 Å². The first-order valence-electron chi connectivity index (χ1n) is 6.68. The van der Waals surface area contributed by atoms with Crippen LogP contribution in [-0.4, -0.2) is 33.0 Å². The Hall–Kier alpha value is -1.75. The minimum Gasteiger partial charge on any atom is -0.372 e. The van der Waals surface area contributed by atoms with Crippen molar-refractivity contribution in [3.63, 3.8) is 0 Å². The van der Waals surface area contributed by atoms with Gasteiger partial charge in [-0.1, -0.05) is 0 Å². The molecule has 1 fully saturated rings. The summed E-state index contributed by atoms with van der Waals surface area (Å²) in [4.78, 5) is 13.8. The molecule has 0 radical (unpaired) electrons. The number of carbonyl (C=O) groups excluding carboxylic acids is 1. The van der Waals surface area contributed by atoms with Crippen LogP contribution in [0.4, 0.5) is 16.2 Å². The van der Waals surface area contributed by atoms with Gasteiger partial charge in [-0.3, -0.25) is 0 Å². The summed E-state index contributed by atoms with van der Waals surface area (Å²) in [5, 5.41) is 5.33. The predicted octanol–water partition coefficient (Wildman–Crippen LogP) is 2.40. The molecule has 0 aromatic heterocycles. The molecule has 0 atom stereocenters. The van der Waals surface area contributed by atoms with Gasteiger partial charge in [0, 0.05) is 31.6 Å². The van der Waals surface area contributed by atoms with Gasteiger partial charge in [0.15, 0.2) is 0 Å². The van der Waals surface area contributed by atoms with Gasteiger partial charge in [-0.15, -0.1) is 0 Å². The third kappa shape index (κ3) is 4.13. The summed E-state index contributed by atoms with van der Waals surface area (Å²) >= 11 is 0. The number of rotatable bonds is 4. The lowest BCUT2D eigenvalue weighted by atomic mass is 10.1. The highest BCUT2D eigenvalue weighted by molar-refractivity contribution is 5.89. The Kier molecular flexibility index (Phi) is 5.03. The number of nitrogens with one attached hydrogen (secondary N) is 2. The summed E-state index contributed by atoms with van der Waals surface area (Å²) in [7, 11) is 1.54. The quantitative estimate of drug-likeness (QED) is 0.820. The Morgan fingerprint density at radius 1 is 1.21 bits per heavy atom. The molecule has 0 bridgehead atoms. The van der Waals surface area contributed by atoms with E-state index in [1.807, 2.05) is 12.1 Å². The lowest BCUT2D eigenvalue weighted by molar-refractivity contribution is 0.177. The molecule has 1 aromatic carbocycles. The highest BCUT2D eigenvalue weighted by Crippen LogP contribution is 2.21. The van der Waals surface area contributed by atoms with Crippen molar-refractivity contribution >= 4 is 17.4 Å². The number of ether oxygens (including phenoxy) is 1. The van der Waals surface area contributed by atoms with Crippen LogP contribution in [0.5, 0.6) is 0 Å². The van der Waals surface area contributed by atoms with Crippen molar-refractivity contribution in [2.45, 2.75) is 19.3 Å². The Balaban J connectivity index is 1.88. The van der Waals surface area contributed by atoms with Gasteiger partial charge in [-0.25, -0.2) is 4.79 Å². The van der Waals surface area contributed by atoms with E-state index in [1.54, 1.807) is 0 Å². The zero-order valence-corrected chi connectivity index (χ0v) is 11.3. The van der Waals surface area contributed by atoms with Gasteiger partial charge in [0.2, 0.25) is 0 Å². The van der Waals surface area contributed by atoms with Crippen LogP contribution in [0, 0.1) is 0 Å². The van der Waals surface area contributed by atoms with E-state index in [0.717, 1.165) is 18.8 Å². The molecule has 5 heteroatoms. The van der Waals surface area contributed by atoms with Gasteiger partial charge in [0.1, 0.15) is 6.73 Å². The van der Waals surface area contributed by atoms with Crippen molar-refractivity contribution in [1.82, 2.24) is 5.32 Å². The van der Waals surface area contributed by atoms with Crippen LogP contribution in [0.25, 0.3) is 0 Å². The fourth-order valence-corrected chi connectivity index (χ4v) is 2.22. The number of carbonyl (C=O) groups is 1. The highest BCUT2D eigenvalue weighted by atomic mass is 16.5. The van der Waals surface area contributed by atoms with Crippen molar-refractivity contribution in [2.75, 3.05) is 37.1 Å². The van der Waals surface area contributed by atoms with Crippen LogP contribution in [0.2, 0.25) is 0 Å². The average molecular weight is 263 g/mol. The van der Waals surface area contributed by atoms with E-state index in [1.165, 1.54) is 32.1 Å². The van der Waals surface area contributed by atoms with Gasteiger partial charge in [-0.05, 0) is 43.5 Å². The molecule has 19 heavy (non-hydrogen) atoms. The van der Waals surface area contributed by atoms with Gasteiger partial charge in [0.05, 0.1) is 0 Å². The van der Waals surface area contributed by atoms with Crippen molar-refractivity contribution < 1.29 is 9.53 Å². The second-order valence-corrected chi connectivity index (χ2v) is 4.66. The summed E-state index contributed by atoms with van der Waals surface area (Å²) in [6, 6.07) is 7.70. The first-order chi connectivity index (χ1) is 9.29. The van der Waals surface area contributed by atoms with Gasteiger partial charge in [0.25, 0.3) is 0 Å². The normalized spacial score (nSPS) is 15.1. The molecule has 0 saturated carbocycles. The first kappa shape index (κ1) is 13.7. The maximum Gasteiger partial charge on any atom is 0.321 e. The predicted molar refractivity (Wildman–Crippen MR) is 76.5 cm³/mol. The minimum absolute atomic E-state index is 0.206. The summed E-state index contributed by atoms with van der Waals surface area (Å²) in [5.41, 5.74) is 2.01. The van der Waals surface area contributed by atoms with Crippen LogP contribution in [0.15, 0.2) is 24.3 Å². The molecule has 0 unspecified atom stereocenters. The van der Waals surface area contributed by atoms with Crippen LogP contribution in [0.1, 0.15) is 19.3 Å². The van der Waals surface area contributed by atoms with Crippen LogP contribution in [0.3, 0.4) is 0 Å². The second-order valence-electron chi connectivity index (χ2n) is 4.66. The molecule has 0 spiro atoms. The molecule has 0 aliphatic carbocycles. The first-order valence-corrected chi connectivity index (χ1v) is 6.68. The van der Waals surface area contributed by atoms with E-state index < -0.39 is 0 Å². The molecule has 104 valence electrons. The molecule has 1 saturated heterocycles. The molecule has 1 aliphatic rings. The van der Waals surface area contributed by atoms with Crippen molar-refractivity contribution in [1.29, 1.82) is 0 Å². The van der Waals surface area contributed by atoms with Gasteiger partial charge < -0.3 is 20.3 Å². The van der Waals surface area contributed by atoms with Crippen LogP contribution < -0.4 is 15.5 Å². The molecule has 5 nitrogen and oxygen atoms in total. The molecular formula is C14H21N3O2. The Morgan fingerprint density at radius 3 is 2.53 bits per heavy atom. The number of urea groups is 1. The molecule has 1 aliphatic heterocycles. The van der Waals surface area contributed by atoms with Crippen molar-refractivity contribution in [3.05, 3.63) is 24.3 Å². The lowest BCUT2D eigenvalue weighted by Gasteiger charge is -2.28. The molecular weight excluding hydrogens is 242 g/mol. The zero-order chi connectivity index (χ0) is 13.5. The Bertz CT molecular complexity index is 400. The standard InChI is InChI=1S/C14H21N3O2/c1-19-11-15-14(18)16-12-5-7-13(8-6-12)17-9-3-2-4-10-17/h5-8H,2-4,9-11H2,1H3,(H2,15,16,18). The largest absolute Gasteiger partial charge is 0.372 e. The van der Waals surface area contributed by atoms with Crippen molar-refractivity contribution in [3.8, 4) is 0 Å². The maximum atomic E-state index is 11.4. The summed E-state index contributed by atoms with van der Waals surface area (Å²) in [6.07, 6.45) is 3.86. The number of hydrogen-bond donors (Lipinski definition) is 2. The van der Waals surface area contributed by atoms with Gasteiger partial charge in [-0.2, -0.15) is 0 Å². The number of hydrogen-bond acceptors (Lipinski definition) is 3. The fraction of sp³-hybridized carbons (Fsp3) is 0.500. The zero-order valence-electron chi connectivity index (χ0n) is 11.3. The topological polar surface area (TPSA) is 53.6 Å². The smallest absolute Gasteiger partial charge is 0.321 e. The van der Waals surface area contributed by atoms with E-state index in [0.29, 0.717) is 0 Å². The SMILES string of the molecule is COCNC(=O)Nc1ccc(N2CCCCC2)cc1. The molecule has 2 rings (SSSR count). The third-order valence-corrected chi connectivity index (χ3v) is 3.22. The number of nitrogens with zero attached hydrogens (tertiary/aromatic N) is 1. The average Bonchev–Trinajstić information content (AvgIpc) is 2.47. The minimum atomic E-state index is -0.257. The lowest BCUT2D eigenvalue weighted by Crippen LogP contribution is -2.30. The van der Waals surface area contributed by atoms with E-state index in [-0.39, 0.29) is 12.8 Å². The Morgan fingerprint density at radius 2 is 1.89 bits per heavy atom. The maximum absolute atomic E-state index is 11.4. The summed E-state index contributed by atoms with van der Waals surface area (Å²) in [5.74, 6) is 0. The van der Waals surface area contributed by atoms with Crippen LogP contribution in [-0.2, 0) is 4.74 Å². The van der Waals surface area contributed by atoms with Crippen LogP contribution >= 0.6 is 0 Å². The summed E-state index contributed by atoms with van der Waals surface area (Å²) < 4.78 is 4.77. The second kappa shape index (κ2) is 6.99. The number of amides is 2. The number of piperidine rings is 1. The number of anilines is 2. The number of benzene rings is 1. The van der Waals surface area contributed by atoms with E-state index in [4.69, 9.17) is 4.74 Å². The highest BCUT2D eigenvalue weighted by Gasteiger charge is 2.10. The summed E-state index contributed by atoms with van der Waals surface area (Å²) in [6.45, 7) is 2.46. The molecule has 1 aromatic rings. The molecule has 1 heterocycles. The molecule has 2 N–H and O–H groups in total. The monoisotopic (exact) mass is 263 g/mol. The van der Waals surface area contributed by atoms with E-state index in [2.05, 4.69) is 27.7 Å².